The minimum atomic E-state index is 0.426. The predicted octanol–water partition coefficient (Wildman–Crippen LogP) is 1.41. The fraction of sp³-hybridized carbons (Fsp3) is 0.800. The van der Waals surface area contributed by atoms with Gasteiger partial charge < -0.3 is 10.1 Å². The Morgan fingerprint density at radius 1 is 1.58 bits per heavy atom. The summed E-state index contributed by atoms with van der Waals surface area (Å²) in [5.41, 5.74) is 0. The molecule has 2 nitrogen and oxygen atoms in total. The first kappa shape index (κ1) is 11.5. The molecule has 0 aliphatic rings. The zero-order valence-corrected chi connectivity index (χ0v) is 8.10. The van der Waals surface area contributed by atoms with Gasteiger partial charge in [-0.2, -0.15) is 0 Å². The van der Waals surface area contributed by atoms with Gasteiger partial charge in [-0.3, -0.25) is 0 Å². The highest BCUT2D eigenvalue weighted by Crippen LogP contribution is 1.97. The fourth-order valence-corrected chi connectivity index (χ4v) is 1.03. The molecule has 0 fully saturated rings. The molecular formula is C10H19NO. The van der Waals surface area contributed by atoms with Gasteiger partial charge in [-0.1, -0.05) is 6.92 Å². The Morgan fingerprint density at radius 2 is 2.33 bits per heavy atom. The summed E-state index contributed by atoms with van der Waals surface area (Å²) in [7, 11) is 1.72. The van der Waals surface area contributed by atoms with Crippen LogP contribution in [0.3, 0.4) is 0 Å². The Hall–Kier alpha value is -0.520. The first-order valence-electron chi connectivity index (χ1n) is 4.50. The number of hydrogen-bond donors (Lipinski definition) is 1. The molecule has 0 aromatic heterocycles. The van der Waals surface area contributed by atoms with Crippen molar-refractivity contribution in [3.63, 3.8) is 0 Å². The molecule has 0 aromatic carbocycles. The Kier molecular flexibility index (Phi) is 8.20. The molecule has 0 saturated carbocycles. The SMILES string of the molecule is C#CCC(CCOC)NCCC. The maximum atomic E-state index is 5.24. The Labute approximate surface area is 75.7 Å². The topological polar surface area (TPSA) is 21.3 Å². The van der Waals surface area contributed by atoms with Crippen molar-refractivity contribution in [2.24, 2.45) is 0 Å². The van der Waals surface area contributed by atoms with Crippen molar-refractivity contribution in [2.75, 3.05) is 20.3 Å². The van der Waals surface area contributed by atoms with Crippen LogP contribution in [0.25, 0.3) is 0 Å². The van der Waals surface area contributed by atoms with Gasteiger partial charge in [0.1, 0.15) is 0 Å². The molecule has 2 heteroatoms. The summed E-state index contributed by atoms with van der Waals surface area (Å²) in [6.07, 6.45) is 8.18. The Bertz CT molecular complexity index is 120. The number of terminal acetylenes is 1. The van der Waals surface area contributed by atoms with Crippen LogP contribution in [0, 0.1) is 12.3 Å². The van der Waals surface area contributed by atoms with Crippen molar-refractivity contribution in [3.8, 4) is 12.3 Å². The number of ether oxygens (including phenoxy) is 1. The van der Waals surface area contributed by atoms with Gasteiger partial charge in [-0.05, 0) is 19.4 Å². The van der Waals surface area contributed by atoms with Crippen molar-refractivity contribution in [1.29, 1.82) is 0 Å². The molecule has 0 aromatic rings. The second kappa shape index (κ2) is 8.58. The molecule has 0 spiro atoms. The number of nitrogens with one attached hydrogen (secondary N) is 1. The second-order valence-corrected chi connectivity index (χ2v) is 2.84. The summed E-state index contributed by atoms with van der Waals surface area (Å²) in [6.45, 7) is 3.97. The molecule has 0 amide bonds. The normalized spacial score (nSPS) is 12.4. The molecule has 1 atom stereocenters. The largest absolute Gasteiger partial charge is 0.385 e. The van der Waals surface area contributed by atoms with E-state index in [0.717, 1.165) is 32.4 Å². The molecule has 0 rings (SSSR count). The Morgan fingerprint density at radius 3 is 2.83 bits per heavy atom. The van der Waals surface area contributed by atoms with Crippen LogP contribution in [-0.2, 0) is 4.74 Å². The van der Waals surface area contributed by atoms with E-state index in [4.69, 9.17) is 11.2 Å². The van der Waals surface area contributed by atoms with E-state index in [-0.39, 0.29) is 0 Å². The molecule has 0 aliphatic carbocycles. The summed E-state index contributed by atoms with van der Waals surface area (Å²) in [5, 5.41) is 3.38. The average molecular weight is 169 g/mol. The third kappa shape index (κ3) is 6.21. The van der Waals surface area contributed by atoms with Gasteiger partial charge in [0.25, 0.3) is 0 Å². The van der Waals surface area contributed by atoms with E-state index >= 15 is 0 Å². The lowest BCUT2D eigenvalue weighted by Crippen LogP contribution is -2.30. The molecule has 0 bridgehead atoms. The van der Waals surface area contributed by atoms with Gasteiger partial charge in [0.05, 0.1) is 0 Å². The van der Waals surface area contributed by atoms with Crippen LogP contribution in [0.4, 0.5) is 0 Å². The molecule has 1 unspecified atom stereocenters. The molecule has 0 saturated heterocycles. The third-order valence-electron chi connectivity index (χ3n) is 1.72. The minimum Gasteiger partial charge on any atom is -0.385 e. The van der Waals surface area contributed by atoms with E-state index in [1.165, 1.54) is 0 Å². The predicted molar refractivity (Wildman–Crippen MR) is 52.0 cm³/mol. The molecule has 0 aliphatic heterocycles. The van der Waals surface area contributed by atoms with Gasteiger partial charge in [-0.15, -0.1) is 12.3 Å². The summed E-state index contributed by atoms with van der Waals surface area (Å²) < 4.78 is 4.99. The van der Waals surface area contributed by atoms with Gasteiger partial charge in [0.2, 0.25) is 0 Å². The summed E-state index contributed by atoms with van der Waals surface area (Å²) in [4.78, 5) is 0. The van der Waals surface area contributed by atoms with Crippen LogP contribution in [-0.4, -0.2) is 26.3 Å². The third-order valence-corrected chi connectivity index (χ3v) is 1.72. The highest BCUT2D eigenvalue weighted by Gasteiger charge is 2.04. The maximum Gasteiger partial charge on any atom is 0.0477 e. The Balaban J connectivity index is 3.48. The number of methoxy groups -OCH3 is 1. The van der Waals surface area contributed by atoms with Gasteiger partial charge in [-0.25, -0.2) is 0 Å². The molecule has 1 N–H and O–H groups in total. The average Bonchev–Trinajstić information content (AvgIpc) is 2.10. The lowest BCUT2D eigenvalue weighted by atomic mass is 10.1. The standard InChI is InChI=1S/C10H19NO/c1-4-6-10(7-9-12-3)11-8-5-2/h1,10-11H,5-9H2,2-3H3. The number of rotatable bonds is 7. The van der Waals surface area contributed by atoms with Crippen LogP contribution in [0.1, 0.15) is 26.2 Å². The summed E-state index contributed by atoms with van der Waals surface area (Å²) >= 11 is 0. The summed E-state index contributed by atoms with van der Waals surface area (Å²) in [6, 6.07) is 0.426. The van der Waals surface area contributed by atoms with E-state index in [1.807, 2.05) is 0 Å². The molecule has 0 heterocycles. The zero-order chi connectivity index (χ0) is 9.23. The molecule has 70 valence electrons. The first-order chi connectivity index (χ1) is 5.85. The van der Waals surface area contributed by atoms with Crippen molar-refractivity contribution in [1.82, 2.24) is 5.32 Å². The quantitative estimate of drug-likeness (QED) is 0.582. The lowest BCUT2D eigenvalue weighted by molar-refractivity contribution is 0.183. The highest BCUT2D eigenvalue weighted by atomic mass is 16.5. The zero-order valence-electron chi connectivity index (χ0n) is 8.10. The second-order valence-electron chi connectivity index (χ2n) is 2.84. The van der Waals surface area contributed by atoms with Crippen LogP contribution >= 0.6 is 0 Å². The van der Waals surface area contributed by atoms with Crippen LogP contribution in [0.2, 0.25) is 0 Å². The van der Waals surface area contributed by atoms with Crippen molar-refractivity contribution < 1.29 is 4.74 Å². The van der Waals surface area contributed by atoms with Gasteiger partial charge in [0, 0.05) is 26.2 Å². The number of hydrogen-bond acceptors (Lipinski definition) is 2. The van der Waals surface area contributed by atoms with Crippen molar-refractivity contribution in [3.05, 3.63) is 0 Å². The van der Waals surface area contributed by atoms with Crippen molar-refractivity contribution >= 4 is 0 Å². The van der Waals surface area contributed by atoms with Crippen LogP contribution in [0.15, 0.2) is 0 Å². The van der Waals surface area contributed by atoms with E-state index in [1.54, 1.807) is 7.11 Å². The van der Waals surface area contributed by atoms with Gasteiger partial charge in [0.15, 0.2) is 0 Å². The molecular weight excluding hydrogens is 150 g/mol. The fourth-order valence-electron chi connectivity index (χ4n) is 1.03. The smallest absolute Gasteiger partial charge is 0.0477 e. The van der Waals surface area contributed by atoms with E-state index < -0.39 is 0 Å². The van der Waals surface area contributed by atoms with Crippen LogP contribution in [0.5, 0.6) is 0 Å². The molecule has 12 heavy (non-hydrogen) atoms. The van der Waals surface area contributed by atoms with E-state index in [0.29, 0.717) is 6.04 Å². The summed E-state index contributed by atoms with van der Waals surface area (Å²) in [5.74, 6) is 2.67. The first-order valence-corrected chi connectivity index (χ1v) is 4.50. The highest BCUT2D eigenvalue weighted by molar-refractivity contribution is 4.89. The minimum absolute atomic E-state index is 0.426. The van der Waals surface area contributed by atoms with E-state index in [9.17, 15) is 0 Å². The van der Waals surface area contributed by atoms with Crippen LogP contribution < -0.4 is 5.32 Å². The maximum absolute atomic E-state index is 5.24. The lowest BCUT2D eigenvalue weighted by Gasteiger charge is -2.14. The molecule has 0 radical (unpaired) electrons. The van der Waals surface area contributed by atoms with Crippen molar-refractivity contribution in [2.45, 2.75) is 32.2 Å². The van der Waals surface area contributed by atoms with E-state index in [2.05, 4.69) is 18.2 Å². The van der Waals surface area contributed by atoms with Gasteiger partial charge >= 0.3 is 0 Å². The monoisotopic (exact) mass is 169 g/mol.